The smallest absolute Gasteiger partial charge is 0.303 e. The van der Waals surface area contributed by atoms with Crippen molar-refractivity contribution in [3.05, 3.63) is 17.5 Å². The monoisotopic (exact) mass is 210 g/mol. The molecule has 1 rings (SSSR count). The number of nitrogens with zero attached hydrogens (tertiary/aromatic N) is 2. The number of hydrogen-bond acceptors (Lipinski definition) is 2. The third kappa shape index (κ3) is 3.38. The first-order chi connectivity index (χ1) is 7.00. The Balaban J connectivity index is 2.66. The molecule has 1 heterocycles. The first-order valence-corrected chi connectivity index (χ1v) is 5.23. The van der Waals surface area contributed by atoms with Crippen LogP contribution in [0, 0.1) is 12.8 Å². The molecule has 0 aliphatic carbocycles. The van der Waals surface area contributed by atoms with E-state index in [-0.39, 0.29) is 6.42 Å². The van der Waals surface area contributed by atoms with E-state index >= 15 is 0 Å². The third-order valence-electron chi connectivity index (χ3n) is 2.35. The van der Waals surface area contributed by atoms with Gasteiger partial charge in [-0.2, -0.15) is 5.10 Å². The molecular weight excluding hydrogens is 192 g/mol. The fourth-order valence-electron chi connectivity index (χ4n) is 1.50. The Hall–Kier alpha value is -1.32. The average Bonchev–Trinajstić information content (AvgIpc) is 2.44. The molecule has 84 valence electrons. The highest BCUT2D eigenvalue weighted by molar-refractivity contribution is 5.67. The molecule has 15 heavy (non-hydrogen) atoms. The normalized spacial score (nSPS) is 10.9. The van der Waals surface area contributed by atoms with Crippen LogP contribution in [0.4, 0.5) is 0 Å². The number of hydrogen-bond donors (Lipinski definition) is 1. The molecule has 0 unspecified atom stereocenters. The molecule has 0 spiro atoms. The third-order valence-corrected chi connectivity index (χ3v) is 2.35. The summed E-state index contributed by atoms with van der Waals surface area (Å²) >= 11 is 0. The zero-order chi connectivity index (χ0) is 11.4. The van der Waals surface area contributed by atoms with Crippen LogP contribution in [0.15, 0.2) is 6.20 Å². The van der Waals surface area contributed by atoms with Gasteiger partial charge in [-0.25, -0.2) is 0 Å². The molecule has 1 aromatic heterocycles. The first-order valence-electron chi connectivity index (χ1n) is 5.23. The van der Waals surface area contributed by atoms with Crippen LogP contribution in [-0.4, -0.2) is 20.9 Å². The Kier molecular flexibility index (Phi) is 3.88. The van der Waals surface area contributed by atoms with Gasteiger partial charge in [0.1, 0.15) is 0 Å². The summed E-state index contributed by atoms with van der Waals surface area (Å²) in [6, 6.07) is 0. The average molecular weight is 210 g/mol. The molecule has 0 aromatic carbocycles. The van der Waals surface area contributed by atoms with Crippen LogP contribution in [-0.2, 0) is 17.8 Å². The van der Waals surface area contributed by atoms with Crippen molar-refractivity contribution in [3.8, 4) is 0 Å². The SMILES string of the molecule is Cc1c(CCC(=O)O)cnn1CC(C)C. The van der Waals surface area contributed by atoms with Crippen LogP contribution in [0.5, 0.6) is 0 Å². The van der Waals surface area contributed by atoms with Crippen molar-refractivity contribution in [1.29, 1.82) is 0 Å². The van der Waals surface area contributed by atoms with Crippen LogP contribution in [0.3, 0.4) is 0 Å². The maximum absolute atomic E-state index is 10.4. The molecule has 1 N–H and O–H groups in total. The van der Waals surface area contributed by atoms with Crippen molar-refractivity contribution in [2.75, 3.05) is 0 Å². The highest BCUT2D eigenvalue weighted by Crippen LogP contribution is 2.11. The maximum Gasteiger partial charge on any atom is 0.303 e. The van der Waals surface area contributed by atoms with E-state index < -0.39 is 5.97 Å². The summed E-state index contributed by atoms with van der Waals surface area (Å²) in [5.41, 5.74) is 2.13. The standard InChI is InChI=1S/C11H18N2O2/c1-8(2)7-13-9(3)10(6-12-13)4-5-11(14)15/h6,8H,4-5,7H2,1-3H3,(H,14,15). The van der Waals surface area contributed by atoms with Gasteiger partial charge in [-0.3, -0.25) is 9.48 Å². The summed E-state index contributed by atoms with van der Waals surface area (Å²) < 4.78 is 1.95. The summed E-state index contributed by atoms with van der Waals surface area (Å²) in [6.45, 7) is 7.15. The number of aromatic nitrogens is 2. The first kappa shape index (κ1) is 11.8. The number of rotatable bonds is 5. The molecule has 0 aliphatic heterocycles. The van der Waals surface area contributed by atoms with E-state index in [1.54, 1.807) is 6.20 Å². The van der Waals surface area contributed by atoms with Crippen molar-refractivity contribution in [3.63, 3.8) is 0 Å². The Morgan fingerprint density at radius 1 is 1.60 bits per heavy atom. The summed E-state index contributed by atoms with van der Waals surface area (Å²) in [7, 11) is 0. The number of carbonyl (C=O) groups is 1. The minimum Gasteiger partial charge on any atom is -0.481 e. The molecule has 4 nitrogen and oxygen atoms in total. The molecular formula is C11H18N2O2. The van der Waals surface area contributed by atoms with Crippen molar-refractivity contribution in [1.82, 2.24) is 9.78 Å². The van der Waals surface area contributed by atoms with Gasteiger partial charge in [-0.1, -0.05) is 13.8 Å². The molecule has 0 atom stereocenters. The van der Waals surface area contributed by atoms with Crippen molar-refractivity contribution in [2.45, 2.75) is 40.2 Å². The Morgan fingerprint density at radius 3 is 2.80 bits per heavy atom. The molecule has 1 aromatic rings. The summed E-state index contributed by atoms with van der Waals surface area (Å²) in [6.07, 6.45) is 2.52. The zero-order valence-electron chi connectivity index (χ0n) is 9.53. The van der Waals surface area contributed by atoms with E-state index in [9.17, 15) is 4.79 Å². The zero-order valence-corrected chi connectivity index (χ0v) is 9.53. The van der Waals surface area contributed by atoms with Crippen LogP contribution in [0.25, 0.3) is 0 Å². The lowest BCUT2D eigenvalue weighted by Crippen LogP contribution is -2.08. The van der Waals surface area contributed by atoms with Crippen molar-refractivity contribution in [2.24, 2.45) is 5.92 Å². The van der Waals surface area contributed by atoms with E-state index in [0.29, 0.717) is 12.3 Å². The fourth-order valence-corrected chi connectivity index (χ4v) is 1.50. The number of aryl methyl sites for hydroxylation is 1. The molecule has 0 amide bonds. The number of aliphatic carboxylic acids is 1. The summed E-state index contributed by atoms with van der Waals surface area (Å²) in [5.74, 6) is -0.207. The van der Waals surface area contributed by atoms with Gasteiger partial charge in [-0.15, -0.1) is 0 Å². The fraction of sp³-hybridized carbons (Fsp3) is 0.636. The van der Waals surface area contributed by atoms with Crippen LogP contribution in [0.2, 0.25) is 0 Å². The lowest BCUT2D eigenvalue weighted by molar-refractivity contribution is -0.136. The van der Waals surface area contributed by atoms with Gasteiger partial charge in [0.2, 0.25) is 0 Å². The Labute approximate surface area is 89.9 Å². The maximum atomic E-state index is 10.4. The summed E-state index contributed by atoms with van der Waals surface area (Å²) in [5, 5.41) is 12.8. The predicted molar refractivity (Wildman–Crippen MR) is 57.8 cm³/mol. The topological polar surface area (TPSA) is 55.1 Å². The largest absolute Gasteiger partial charge is 0.481 e. The van der Waals surface area contributed by atoms with Gasteiger partial charge < -0.3 is 5.11 Å². The van der Waals surface area contributed by atoms with Crippen LogP contribution >= 0.6 is 0 Å². The van der Waals surface area contributed by atoms with Crippen molar-refractivity contribution < 1.29 is 9.90 Å². The molecule has 0 bridgehead atoms. The van der Waals surface area contributed by atoms with E-state index in [1.807, 2.05) is 11.6 Å². The highest BCUT2D eigenvalue weighted by atomic mass is 16.4. The van der Waals surface area contributed by atoms with E-state index in [4.69, 9.17) is 5.11 Å². The van der Waals surface area contributed by atoms with E-state index in [0.717, 1.165) is 17.8 Å². The lowest BCUT2D eigenvalue weighted by atomic mass is 10.1. The molecule has 0 radical (unpaired) electrons. The van der Waals surface area contributed by atoms with Gasteiger partial charge in [-0.05, 0) is 24.8 Å². The lowest BCUT2D eigenvalue weighted by Gasteiger charge is -2.07. The predicted octanol–water partition coefficient (Wildman–Crippen LogP) is 1.86. The van der Waals surface area contributed by atoms with Crippen LogP contribution < -0.4 is 0 Å². The Bertz CT molecular complexity index is 342. The molecule has 4 heteroatoms. The number of carboxylic acid groups (broad SMARTS) is 1. The molecule has 0 aliphatic rings. The quantitative estimate of drug-likeness (QED) is 0.807. The molecule has 0 saturated heterocycles. The second-order valence-corrected chi connectivity index (χ2v) is 4.22. The summed E-state index contributed by atoms with van der Waals surface area (Å²) in [4.78, 5) is 10.4. The van der Waals surface area contributed by atoms with E-state index in [1.165, 1.54) is 0 Å². The number of carboxylic acids is 1. The van der Waals surface area contributed by atoms with E-state index in [2.05, 4.69) is 18.9 Å². The van der Waals surface area contributed by atoms with Gasteiger partial charge in [0.25, 0.3) is 0 Å². The van der Waals surface area contributed by atoms with Gasteiger partial charge in [0.05, 0.1) is 6.20 Å². The van der Waals surface area contributed by atoms with Crippen molar-refractivity contribution >= 4 is 5.97 Å². The van der Waals surface area contributed by atoms with Gasteiger partial charge in [0, 0.05) is 18.7 Å². The Morgan fingerprint density at radius 2 is 2.27 bits per heavy atom. The van der Waals surface area contributed by atoms with Crippen LogP contribution in [0.1, 0.15) is 31.5 Å². The second kappa shape index (κ2) is 4.96. The molecule has 0 saturated carbocycles. The van der Waals surface area contributed by atoms with Gasteiger partial charge in [0.15, 0.2) is 0 Å². The molecule has 0 fully saturated rings. The minimum absolute atomic E-state index is 0.175. The van der Waals surface area contributed by atoms with Gasteiger partial charge >= 0.3 is 5.97 Å². The highest BCUT2D eigenvalue weighted by Gasteiger charge is 2.08. The minimum atomic E-state index is -0.758. The second-order valence-electron chi connectivity index (χ2n) is 4.22.